The Bertz CT molecular complexity index is 463. The highest BCUT2D eigenvalue weighted by Gasteiger charge is 2.45. The number of nitrogens with two attached hydrogens (primary N) is 1. The van der Waals surface area contributed by atoms with Crippen molar-refractivity contribution in [1.82, 2.24) is 20.1 Å². The van der Waals surface area contributed by atoms with Gasteiger partial charge >= 0.3 is 0 Å². The topological polar surface area (TPSA) is 59.1 Å². The van der Waals surface area contributed by atoms with Gasteiger partial charge in [0.1, 0.15) is 0 Å². The maximum atomic E-state index is 6.41. The van der Waals surface area contributed by atoms with Crippen LogP contribution in [0.1, 0.15) is 51.3 Å². The third-order valence-electron chi connectivity index (χ3n) is 5.14. The molecular weight excluding hydrogens is 286 g/mol. The number of hydrazine groups is 1. The zero-order chi connectivity index (χ0) is 15.6. The number of rotatable bonds is 5. The van der Waals surface area contributed by atoms with E-state index >= 15 is 0 Å². The summed E-state index contributed by atoms with van der Waals surface area (Å²) in [4.78, 5) is 2.31. The minimum atomic E-state index is -0.0186. The van der Waals surface area contributed by atoms with Crippen molar-refractivity contribution in [3.8, 4) is 0 Å². The van der Waals surface area contributed by atoms with Crippen LogP contribution in [0.5, 0.6) is 0 Å². The van der Waals surface area contributed by atoms with E-state index < -0.39 is 0 Å². The number of nitrogens with zero attached hydrogens (tertiary/aromatic N) is 3. The molecule has 1 aliphatic rings. The molecule has 5 nitrogen and oxygen atoms in total. The lowest BCUT2D eigenvalue weighted by molar-refractivity contribution is 0.0398. The Labute approximate surface area is 132 Å². The molecule has 1 aromatic rings. The monoisotopic (exact) mass is 313 g/mol. The van der Waals surface area contributed by atoms with Crippen LogP contribution in [0, 0.1) is 5.92 Å². The molecule has 120 valence electrons. The number of halogens is 1. The smallest absolute Gasteiger partial charge is 0.0835 e. The van der Waals surface area contributed by atoms with Crippen LogP contribution in [-0.2, 0) is 6.54 Å². The van der Waals surface area contributed by atoms with Gasteiger partial charge in [0, 0.05) is 12.1 Å². The molecule has 3 N–H and O–H groups in total. The molecule has 0 aliphatic heterocycles. The van der Waals surface area contributed by atoms with Gasteiger partial charge in [0.05, 0.1) is 23.0 Å². The SMILES string of the molecule is CCn1ncc(Cl)c1C(NN)C1(N(C)C)CCC(C)CC1. The van der Waals surface area contributed by atoms with E-state index in [4.69, 9.17) is 17.4 Å². The summed E-state index contributed by atoms with van der Waals surface area (Å²) < 4.78 is 1.95. The molecule has 0 bridgehead atoms. The molecule has 1 unspecified atom stereocenters. The van der Waals surface area contributed by atoms with E-state index in [2.05, 4.69) is 43.4 Å². The molecule has 21 heavy (non-hydrogen) atoms. The van der Waals surface area contributed by atoms with Gasteiger partial charge in [0.15, 0.2) is 0 Å². The number of aryl methyl sites for hydroxylation is 1. The molecule has 1 aliphatic carbocycles. The van der Waals surface area contributed by atoms with E-state index in [9.17, 15) is 0 Å². The second-order valence-electron chi connectivity index (χ2n) is 6.47. The molecule has 2 rings (SSSR count). The summed E-state index contributed by atoms with van der Waals surface area (Å²) in [5.74, 6) is 6.75. The molecule has 0 aromatic carbocycles. The molecule has 0 spiro atoms. The molecule has 1 heterocycles. The van der Waals surface area contributed by atoms with Crippen molar-refractivity contribution in [2.75, 3.05) is 14.1 Å². The van der Waals surface area contributed by atoms with E-state index in [0.717, 1.165) is 31.0 Å². The largest absolute Gasteiger partial charge is 0.302 e. The van der Waals surface area contributed by atoms with Gasteiger partial charge in [-0.25, -0.2) is 5.43 Å². The second kappa shape index (κ2) is 6.65. The Morgan fingerprint density at radius 2 is 2.14 bits per heavy atom. The number of likely N-dealkylation sites (N-methyl/N-ethyl adjacent to an activating group) is 1. The van der Waals surface area contributed by atoms with E-state index in [1.165, 1.54) is 12.8 Å². The average molecular weight is 314 g/mol. The first-order valence-corrected chi connectivity index (χ1v) is 8.18. The van der Waals surface area contributed by atoms with Crippen LogP contribution < -0.4 is 11.3 Å². The van der Waals surface area contributed by atoms with Crippen molar-refractivity contribution in [3.05, 3.63) is 16.9 Å². The van der Waals surface area contributed by atoms with Crippen molar-refractivity contribution >= 4 is 11.6 Å². The standard InChI is InChI=1S/C15H28ClN5/c1-5-21-13(12(16)10-18-21)14(19-17)15(20(3)4)8-6-11(2)7-9-15/h10-11,14,19H,5-9,17H2,1-4H3. The second-order valence-corrected chi connectivity index (χ2v) is 6.88. The first kappa shape index (κ1) is 16.7. The number of nitrogens with one attached hydrogen (secondary N) is 1. The fourth-order valence-electron chi connectivity index (χ4n) is 3.66. The summed E-state index contributed by atoms with van der Waals surface area (Å²) >= 11 is 6.41. The number of aromatic nitrogens is 2. The Morgan fingerprint density at radius 3 is 2.62 bits per heavy atom. The third-order valence-corrected chi connectivity index (χ3v) is 5.43. The molecule has 0 amide bonds. The van der Waals surface area contributed by atoms with Crippen molar-refractivity contribution in [2.24, 2.45) is 11.8 Å². The molecule has 1 fully saturated rings. The van der Waals surface area contributed by atoms with E-state index in [-0.39, 0.29) is 11.6 Å². The molecule has 0 radical (unpaired) electrons. The zero-order valence-corrected chi connectivity index (χ0v) is 14.3. The number of hydrogen-bond donors (Lipinski definition) is 2. The van der Waals surface area contributed by atoms with Gasteiger partial charge in [0.2, 0.25) is 0 Å². The van der Waals surface area contributed by atoms with Crippen LogP contribution in [0.2, 0.25) is 5.02 Å². The molecule has 1 atom stereocenters. The minimum Gasteiger partial charge on any atom is -0.302 e. The van der Waals surface area contributed by atoms with Crippen LogP contribution in [0.3, 0.4) is 0 Å². The highest BCUT2D eigenvalue weighted by atomic mass is 35.5. The van der Waals surface area contributed by atoms with Gasteiger partial charge in [-0.3, -0.25) is 10.5 Å². The zero-order valence-electron chi connectivity index (χ0n) is 13.6. The fraction of sp³-hybridized carbons (Fsp3) is 0.800. The normalized spacial score (nSPS) is 28.0. The Kier molecular flexibility index (Phi) is 5.30. The summed E-state index contributed by atoms with van der Waals surface area (Å²) in [6.45, 7) is 5.19. The van der Waals surface area contributed by atoms with Crippen molar-refractivity contribution in [3.63, 3.8) is 0 Å². The fourth-order valence-corrected chi connectivity index (χ4v) is 3.91. The maximum Gasteiger partial charge on any atom is 0.0835 e. The predicted octanol–water partition coefficient (Wildman–Crippen LogP) is 2.57. The summed E-state index contributed by atoms with van der Waals surface area (Å²) in [5, 5.41) is 5.07. The van der Waals surface area contributed by atoms with Crippen molar-refractivity contribution in [1.29, 1.82) is 0 Å². The molecule has 1 aromatic heterocycles. The lowest BCUT2D eigenvalue weighted by atomic mass is 9.71. The van der Waals surface area contributed by atoms with Gasteiger partial charge < -0.3 is 4.90 Å². The van der Waals surface area contributed by atoms with E-state index in [1.54, 1.807) is 6.20 Å². The summed E-state index contributed by atoms with van der Waals surface area (Å²) in [6, 6.07) is -0.0186. The average Bonchev–Trinajstić information content (AvgIpc) is 2.83. The first-order valence-electron chi connectivity index (χ1n) is 7.81. The van der Waals surface area contributed by atoms with Gasteiger partial charge in [-0.05, 0) is 52.6 Å². The molecule has 1 saturated carbocycles. The predicted molar refractivity (Wildman–Crippen MR) is 87.0 cm³/mol. The van der Waals surface area contributed by atoms with Gasteiger partial charge in [0.25, 0.3) is 0 Å². The van der Waals surface area contributed by atoms with Crippen molar-refractivity contribution < 1.29 is 0 Å². The molecule has 6 heteroatoms. The summed E-state index contributed by atoms with van der Waals surface area (Å²) in [7, 11) is 4.28. The van der Waals surface area contributed by atoms with Crippen LogP contribution >= 0.6 is 11.6 Å². The Morgan fingerprint density at radius 1 is 1.52 bits per heavy atom. The lowest BCUT2D eigenvalue weighted by Crippen LogP contribution is -2.57. The van der Waals surface area contributed by atoms with E-state index in [1.807, 2.05) is 4.68 Å². The Hall–Kier alpha value is -0.620. The molecule has 0 saturated heterocycles. The highest BCUT2D eigenvalue weighted by Crippen LogP contribution is 2.44. The summed E-state index contributed by atoms with van der Waals surface area (Å²) in [6.07, 6.45) is 6.38. The summed E-state index contributed by atoms with van der Waals surface area (Å²) in [5.41, 5.74) is 4.03. The van der Waals surface area contributed by atoms with Crippen LogP contribution in [0.25, 0.3) is 0 Å². The Balaban J connectivity index is 2.43. The molecular formula is C15H28ClN5. The highest BCUT2D eigenvalue weighted by molar-refractivity contribution is 6.31. The van der Waals surface area contributed by atoms with Crippen molar-refractivity contribution in [2.45, 2.75) is 57.7 Å². The van der Waals surface area contributed by atoms with Gasteiger partial charge in [-0.15, -0.1) is 0 Å². The minimum absolute atomic E-state index is 0.0160. The van der Waals surface area contributed by atoms with Crippen LogP contribution in [-0.4, -0.2) is 34.3 Å². The van der Waals surface area contributed by atoms with Crippen LogP contribution in [0.4, 0.5) is 0 Å². The maximum absolute atomic E-state index is 6.41. The lowest BCUT2D eigenvalue weighted by Gasteiger charge is -2.49. The van der Waals surface area contributed by atoms with E-state index in [0.29, 0.717) is 5.02 Å². The van der Waals surface area contributed by atoms with Crippen LogP contribution in [0.15, 0.2) is 6.20 Å². The first-order chi connectivity index (χ1) is 9.96. The van der Waals surface area contributed by atoms with Gasteiger partial charge in [-0.1, -0.05) is 18.5 Å². The van der Waals surface area contributed by atoms with Gasteiger partial charge in [-0.2, -0.15) is 5.10 Å². The number of hydrogen-bond acceptors (Lipinski definition) is 4. The quantitative estimate of drug-likeness (QED) is 0.648. The third kappa shape index (κ3) is 2.97.